The molecule has 0 bridgehead atoms. The van der Waals surface area contributed by atoms with Crippen molar-refractivity contribution >= 4 is 5.91 Å². The van der Waals surface area contributed by atoms with Crippen LogP contribution in [0.1, 0.15) is 11.7 Å². The van der Waals surface area contributed by atoms with Crippen LogP contribution in [0.5, 0.6) is 0 Å². The Bertz CT molecular complexity index is 357. The lowest BCUT2D eigenvalue weighted by Crippen LogP contribution is -2.44. The molecule has 3 N–H and O–H groups in total. The first-order chi connectivity index (χ1) is 8.69. The Morgan fingerprint density at radius 1 is 1.33 bits per heavy atom. The van der Waals surface area contributed by atoms with Gasteiger partial charge in [0.25, 0.3) is 0 Å². The molecule has 0 aliphatic carbocycles. The van der Waals surface area contributed by atoms with Crippen LogP contribution >= 0.6 is 0 Å². The SMILES string of the molecule is COCC(N)C(=O)NCC(OC)c1ccccc1. The minimum Gasteiger partial charge on any atom is -0.383 e. The van der Waals surface area contributed by atoms with Gasteiger partial charge in [0.15, 0.2) is 0 Å². The van der Waals surface area contributed by atoms with E-state index >= 15 is 0 Å². The molecule has 0 saturated carbocycles. The van der Waals surface area contributed by atoms with E-state index in [2.05, 4.69) is 5.32 Å². The van der Waals surface area contributed by atoms with E-state index in [1.54, 1.807) is 7.11 Å². The summed E-state index contributed by atoms with van der Waals surface area (Å²) in [6.45, 7) is 0.589. The number of rotatable bonds is 7. The molecule has 0 aliphatic rings. The van der Waals surface area contributed by atoms with Gasteiger partial charge in [0, 0.05) is 20.8 Å². The van der Waals surface area contributed by atoms with E-state index in [9.17, 15) is 4.79 Å². The third-order valence-electron chi connectivity index (χ3n) is 2.60. The molecule has 100 valence electrons. The number of carbonyl (C=O) groups excluding carboxylic acids is 1. The summed E-state index contributed by atoms with van der Waals surface area (Å²) >= 11 is 0. The molecule has 0 aromatic heterocycles. The quantitative estimate of drug-likeness (QED) is 0.739. The van der Waals surface area contributed by atoms with E-state index in [0.717, 1.165) is 5.56 Å². The van der Waals surface area contributed by atoms with Crippen molar-refractivity contribution in [3.63, 3.8) is 0 Å². The third-order valence-corrected chi connectivity index (χ3v) is 2.60. The fourth-order valence-electron chi connectivity index (χ4n) is 1.58. The molecule has 2 atom stereocenters. The van der Waals surface area contributed by atoms with E-state index in [0.29, 0.717) is 6.54 Å². The summed E-state index contributed by atoms with van der Waals surface area (Å²) in [4.78, 5) is 11.6. The van der Waals surface area contributed by atoms with Crippen molar-refractivity contribution in [2.24, 2.45) is 5.73 Å². The van der Waals surface area contributed by atoms with Gasteiger partial charge in [0.05, 0.1) is 12.7 Å². The number of nitrogens with two attached hydrogens (primary N) is 1. The molecular weight excluding hydrogens is 232 g/mol. The lowest BCUT2D eigenvalue weighted by molar-refractivity contribution is -0.124. The van der Waals surface area contributed by atoms with Crippen LogP contribution in [0.15, 0.2) is 30.3 Å². The zero-order valence-corrected chi connectivity index (χ0v) is 10.8. The van der Waals surface area contributed by atoms with Crippen LogP contribution < -0.4 is 11.1 Å². The Morgan fingerprint density at radius 3 is 2.56 bits per heavy atom. The molecule has 1 amide bonds. The van der Waals surface area contributed by atoms with Crippen molar-refractivity contribution in [3.8, 4) is 0 Å². The molecular formula is C13H20N2O3. The summed E-state index contributed by atoms with van der Waals surface area (Å²) in [6, 6.07) is 9.05. The van der Waals surface area contributed by atoms with Crippen LogP contribution in [0.3, 0.4) is 0 Å². The van der Waals surface area contributed by atoms with E-state index in [4.69, 9.17) is 15.2 Å². The zero-order valence-electron chi connectivity index (χ0n) is 10.8. The number of nitrogens with one attached hydrogen (secondary N) is 1. The maximum absolute atomic E-state index is 11.6. The number of hydrogen-bond donors (Lipinski definition) is 2. The number of benzene rings is 1. The van der Waals surface area contributed by atoms with Crippen molar-refractivity contribution in [1.82, 2.24) is 5.32 Å². The predicted molar refractivity (Wildman–Crippen MR) is 69.1 cm³/mol. The van der Waals surface area contributed by atoms with Crippen LogP contribution in [0.4, 0.5) is 0 Å². The second-order valence-corrected chi connectivity index (χ2v) is 3.94. The Kier molecular flexibility index (Phi) is 6.35. The van der Waals surface area contributed by atoms with Crippen LogP contribution in [-0.4, -0.2) is 39.3 Å². The molecule has 0 heterocycles. The third kappa shape index (κ3) is 4.44. The van der Waals surface area contributed by atoms with Crippen LogP contribution in [-0.2, 0) is 14.3 Å². The molecule has 0 radical (unpaired) electrons. The lowest BCUT2D eigenvalue weighted by atomic mass is 10.1. The zero-order chi connectivity index (χ0) is 13.4. The Hall–Kier alpha value is -1.43. The van der Waals surface area contributed by atoms with Gasteiger partial charge >= 0.3 is 0 Å². The van der Waals surface area contributed by atoms with Crippen LogP contribution in [0, 0.1) is 0 Å². The molecule has 1 aromatic rings. The average Bonchev–Trinajstić information content (AvgIpc) is 2.40. The Balaban J connectivity index is 2.48. The highest BCUT2D eigenvalue weighted by Crippen LogP contribution is 2.14. The van der Waals surface area contributed by atoms with Crippen molar-refractivity contribution < 1.29 is 14.3 Å². The number of hydrogen-bond acceptors (Lipinski definition) is 4. The Morgan fingerprint density at radius 2 is 2.00 bits per heavy atom. The van der Waals surface area contributed by atoms with Gasteiger partial charge in [-0.3, -0.25) is 4.79 Å². The number of carbonyl (C=O) groups is 1. The second-order valence-electron chi connectivity index (χ2n) is 3.94. The van der Waals surface area contributed by atoms with E-state index in [1.807, 2.05) is 30.3 Å². The van der Waals surface area contributed by atoms with E-state index in [-0.39, 0.29) is 18.6 Å². The monoisotopic (exact) mass is 252 g/mol. The topological polar surface area (TPSA) is 73.6 Å². The Labute approximate surface area is 107 Å². The van der Waals surface area contributed by atoms with Crippen molar-refractivity contribution in [3.05, 3.63) is 35.9 Å². The molecule has 0 aliphatic heterocycles. The first-order valence-electron chi connectivity index (χ1n) is 5.79. The van der Waals surface area contributed by atoms with Crippen molar-refractivity contribution in [2.45, 2.75) is 12.1 Å². The fourth-order valence-corrected chi connectivity index (χ4v) is 1.58. The number of ether oxygens (including phenoxy) is 2. The normalized spacial score (nSPS) is 13.9. The fraction of sp³-hybridized carbons (Fsp3) is 0.462. The van der Waals surface area contributed by atoms with Gasteiger partial charge in [-0.1, -0.05) is 30.3 Å². The van der Waals surface area contributed by atoms with Crippen LogP contribution in [0.2, 0.25) is 0 Å². The molecule has 5 nitrogen and oxygen atoms in total. The molecule has 5 heteroatoms. The van der Waals surface area contributed by atoms with Gasteiger partial charge in [-0.15, -0.1) is 0 Å². The van der Waals surface area contributed by atoms with E-state index in [1.165, 1.54) is 7.11 Å². The molecule has 1 rings (SSSR count). The predicted octanol–water partition coefficient (Wildman–Crippen LogP) is 0.464. The second kappa shape index (κ2) is 7.81. The molecule has 0 spiro atoms. The van der Waals surface area contributed by atoms with Crippen molar-refractivity contribution in [1.29, 1.82) is 0 Å². The average molecular weight is 252 g/mol. The first kappa shape index (κ1) is 14.6. The smallest absolute Gasteiger partial charge is 0.239 e. The molecule has 1 aromatic carbocycles. The highest BCUT2D eigenvalue weighted by atomic mass is 16.5. The van der Waals surface area contributed by atoms with Gasteiger partial charge in [-0.05, 0) is 5.56 Å². The minimum absolute atomic E-state index is 0.176. The highest BCUT2D eigenvalue weighted by Gasteiger charge is 2.16. The largest absolute Gasteiger partial charge is 0.383 e. The summed E-state index contributed by atoms with van der Waals surface area (Å²) in [5.74, 6) is -0.241. The summed E-state index contributed by atoms with van der Waals surface area (Å²) < 4.78 is 10.2. The van der Waals surface area contributed by atoms with Gasteiger partial charge in [-0.25, -0.2) is 0 Å². The summed E-state index contributed by atoms with van der Waals surface area (Å²) in [6.07, 6.45) is -0.176. The van der Waals surface area contributed by atoms with Gasteiger partial charge in [-0.2, -0.15) is 0 Å². The van der Waals surface area contributed by atoms with E-state index < -0.39 is 6.04 Å². The van der Waals surface area contributed by atoms with Gasteiger partial charge in [0.2, 0.25) is 5.91 Å². The first-order valence-corrected chi connectivity index (χ1v) is 5.79. The standard InChI is InChI=1S/C13H20N2O3/c1-17-9-11(14)13(16)15-8-12(18-2)10-6-4-3-5-7-10/h3-7,11-12H,8-9,14H2,1-2H3,(H,15,16). The van der Waals surface area contributed by atoms with Gasteiger partial charge < -0.3 is 20.5 Å². The number of methoxy groups -OCH3 is 2. The minimum atomic E-state index is -0.650. The maximum atomic E-state index is 11.6. The maximum Gasteiger partial charge on any atom is 0.239 e. The number of amides is 1. The van der Waals surface area contributed by atoms with Crippen LogP contribution in [0.25, 0.3) is 0 Å². The summed E-state index contributed by atoms with van der Waals surface area (Å²) in [5.41, 5.74) is 6.63. The summed E-state index contributed by atoms with van der Waals surface area (Å²) in [5, 5.41) is 2.75. The van der Waals surface area contributed by atoms with Crippen molar-refractivity contribution in [2.75, 3.05) is 27.4 Å². The highest BCUT2D eigenvalue weighted by molar-refractivity contribution is 5.81. The molecule has 18 heavy (non-hydrogen) atoms. The molecule has 0 saturated heterocycles. The molecule has 0 fully saturated rings. The lowest BCUT2D eigenvalue weighted by Gasteiger charge is -2.18. The summed E-state index contributed by atoms with van der Waals surface area (Å²) in [7, 11) is 3.12. The molecule has 2 unspecified atom stereocenters. The van der Waals surface area contributed by atoms with Gasteiger partial charge in [0.1, 0.15) is 6.04 Å².